The second kappa shape index (κ2) is 5.63. The minimum atomic E-state index is 0.709. The lowest BCUT2D eigenvalue weighted by molar-refractivity contribution is 0.370. The minimum absolute atomic E-state index is 0.709. The molecule has 0 aromatic carbocycles. The number of aromatic nitrogens is 4. The topological polar surface area (TPSA) is 54.8 Å². The van der Waals surface area contributed by atoms with Crippen molar-refractivity contribution in [2.24, 2.45) is 17.8 Å². The molecule has 1 saturated heterocycles. The summed E-state index contributed by atoms with van der Waals surface area (Å²) < 4.78 is 0. The van der Waals surface area contributed by atoms with Crippen LogP contribution in [0.1, 0.15) is 24.4 Å². The van der Waals surface area contributed by atoms with Gasteiger partial charge in [0.25, 0.3) is 0 Å². The molecule has 1 aliphatic carbocycles. The van der Waals surface area contributed by atoms with Crippen LogP contribution in [0.25, 0.3) is 0 Å². The van der Waals surface area contributed by atoms with Gasteiger partial charge in [0.15, 0.2) is 0 Å². The number of nitrogens with zero attached hydrogens (tertiary/aromatic N) is 5. The van der Waals surface area contributed by atoms with Gasteiger partial charge >= 0.3 is 0 Å². The highest BCUT2D eigenvalue weighted by atomic mass is 15.2. The molecule has 22 heavy (non-hydrogen) atoms. The summed E-state index contributed by atoms with van der Waals surface area (Å²) in [6.45, 7) is 4.27. The first-order valence-corrected chi connectivity index (χ1v) is 8.09. The Balaban J connectivity index is 1.47. The van der Waals surface area contributed by atoms with E-state index < -0.39 is 0 Å². The van der Waals surface area contributed by atoms with E-state index in [9.17, 15) is 0 Å². The Kier molecular flexibility index (Phi) is 3.48. The van der Waals surface area contributed by atoms with Crippen LogP contribution in [-0.4, -0.2) is 33.0 Å². The van der Waals surface area contributed by atoms with Crippen molar-refractivity contribution in [1.82, 2.24) is 19.9 Å². The summed E-state index contributed by atoms with van der Waals surface area (Å²) in [7, 11) is 0. The molecule has 1 aliphatic heterocycles. The molecule has 5 nitrogen and oxygen atoms in total. The first-order chi connectivity index (χ1) is 10.8. The molecule has 2 aromatic rings. The van der Waals surface area contributed by atoms with Crippen molar-refractivity contribution in [3.8, 4) is 0 Å². The molecule has 3 atom stereocenters. The molecule has 1 saturated carbocycles. The van der Waals surface area contributed by atoms with Gasteiger partial charge in [-0.2, -0.15) is 0 Å². The highest BCUT2D eigenvalue weighted by molar-refractivity contribution is 5.40. The van der Waals surface area contributed by atoms with E-state index in [0.29, 0.717) is 5.92 Å². The molecule has 3 heterocycles. The zero-order valence-corrected chi connectivity index (χ0v) is 12.9. The first kappa shape index (κ1) is 13.6. The average Bonchev–Trinajstić information content (AvgIpc) is 3.11. The van der Waals surface area contributed by atoms with Crippen LogP contribution in [0.2, 0.25) is 0 Å². The summed E-state index contributed by atoms with van der Waals surface area (Å²) in [6, 6.07) is 3.98. The number of rotatable bonds is 3. The van der Waals surface area contributed by atoms with Gasteiger partial charge in [0.2, 0.25) is 0 Å². The fraction of sp³-hybridized carbons (Fsp3) is 0.529. The van der Waals surface area contributed by atoms with E-state index in [1.807, 2.05) is 25.4 Å². The maximum absolute atomic E-state index is 4.45. The predicted octanol–water partition coefficient (Wildman–Crippen LogP) is 2.28. The van der Waals surface area contributed by atoms with Gasteiger partial charge in [0.1, 0.15) is 18.0 Å². The van der Waals surface area contributed by atoms with Crippen LogP contribution in [0.3, 0.4) is 0 Å². The summed E-state index contributed by atoms with van der Waals surface area (Å²) in [4.78, 5) is 19.9. The monoisotopic (exact) mass is 295 g/mol. The third-order valence-corrected chi connectivity index (χ3v) is 5.18. The Morgan fingerprint density at radius 2 is 1.95 bits per heavy atom. The van der Waals surface area contributed by atoms with Crippen LogP contribution in [0.5, 0.6) is 0 Å². The number of anilines is 1. The molecular formula is C17H21N5. The van der Waals surface area contributed by atoms with Gasteiger partial charge in [0, 0.05) is 43.7 Å². The highest BCUT2D eigenvalue weighted by Gasteiger charge is 2.43. The molecule has 5 heteroatoms. The van der Waals surface area contributed by atoms with Crippen molar-refractivity contribution >= 4 is 5.82 Å². The lowest BCUT2D eigenvalue weighted by Crippen LogP contribution is -2.24. The first-order valence-electron chi connectivity index (χ1n) is 8.09. The summed E-state index contributed by atoms with van der Waals surface area (Å²) in [5.41, 5.74) is 1.04. The molecule has 0 N–H and O–H groups in total. The van der Waals surface area contributed by atoms with Crippen molar-refractivity contribution in [2.75, 3.05) is 18.0 Å². The molecule has 0 spiro atoms. The zero-order valence-electron chi connectivity index (χ0n) is 12.9. The van der Waals surface area contributed by atoms with Crippen LogP contribution in [-0.2, 0) is 6.42 Å². The highest BCUT2D eigenvalue weighted by Crippen LogP contribution is 2.44. The van der Waals surface area contributed by atoms with Crippen LogP contribution in [0.15, 0.2) is 30.9 Å². The van der Waals surface area contributed by atoms with E-state index in [4.69, 9.17) is 0 Å². The van der Waals surface area contributed by atoms with Crippen molar-refractivity contribution in [1.29, 1.82) is 0 Å². The molecule has 114 valence electrons. The van der Waals surface area contributed by atoms with E-state index in [2.05, 4.69) is 30.9 Å². The third kappa shape index (κ3) is 2.56. The quantitative estimate of drug-likeness (QED) is 0.869. The molecule has 0 amide bonds. The van der Waals surface area contributed by atoms with Crippen LogP contribution < -0.4 is 4.90 Å². The smallest absolute Gasteiger partial charge is 0.132 e. The summed E-state index contributed by atoms with van der Waals surface area (Å²) in [6.07, 6.45) is 9.01. The second-order valence-electron chi connectivity index (χ2n) is 6.55. The SMILES string of the molecule is Cc1cc(N2C[C@H]3CC[C@H](Cc4ncccn4)[C@H]3C2)ncn1. The lowest BCUT2D eigenvalue weighted by atomic mass is 9.90. The van der Waals surface area contributed by atoms with Crippen LogP contribution >= 0.6 is 0 Å². The summed E-state index contributed by atoms with van der Waals surface area (Å²) in [5, 5.41) is 0. The van der Waals surface area contributed by atoms with E-state index in [0.717, 1.165) is 48.7 Å². The Hall–Kier alpha value is -2.04. The molecule has 4 rings (SSSR count). The second-order valence-corrected chi connectivity index (χ2v) is 6.55. The summed E-state index contributed by atoms with van der Waals surface area (Å²) in [5.74, 6) is 4.32. The number of hydrogen-bond acceptors (Lipinski definition) is 5. The normalized spacial score (nSPS) is 27.1. The molecule has 0 unspecified atom stereocenters. The Morgan fingerprint density at radius 1 is 1.09 bits per heavy atom. The molecular weight excluding hydrogens is 274 g/mol. The van der Waals surface area contributed by atoms with Crippen LogP contribution in [0, 0.1) is 24.7 Å². The predicted molar refractivity (Wildman–Crippen MR) is 84.4 cm³/mol. The van der Waals surface area contributed by atoms with Gasteiger partial charge in [-0.1, -0.05) is 0 Å². The Labute approximate surface area is 130 Å². The van der Waals surface area contributed by atoms with Gasteiger partial charge in [0.05, 0.1) is 0 Å². The number of fused-ring (bicyclic) bond motifs is 1. The molecule has 2 fully saturated rings. The van der Waals surface area contributed by atoms with E-state index >= 15 is 0 Å². The van der Waals surface area contributed by atoms with E-state index in [1.165, 1.54) is 12.8 Å². The van der Waals surface area contributed by atoms with Gasteiger partial charge in [-0.15, -0.1) is 0 Å². The molecule has 2 aromatic heterocycles. The summed E-state index contributed by atoms with van der Waals surface area (Å²) >= 11 is 0. The van der Waals surface area contributed by atoms with Crippen molar-refractivity contribution in [2.45, 2.75) is 26.2 Å². The maximum Gasteiger partial charge on any atom is 0.132 e. The fourth-order valence-electron chi connectivity index (χ4n) is 4.10. The Bertz CT molecular complexity index is 645. The standard InChI is InChI=1S/C17H21N5/c1-12-7-17(21-11-20-12)22-9-14-4-3-13(15(14)10-22)8-16-18-5-2-6-19-16/h2,5-7,11,13-15H,3-4,8-10H2,1H3/t13-,14-,15-/m1/s1. The van der Waals surface area contributed by atoms with Gasteiger partial charge in [-0.05, 0) is 43.6 Å². The fourth-order valence-corrected chi connectivity index (χ4v) is 4.10. The van der Waals surface area contributed by atoms with E-state index in [-0.39, 0.29) is 0 Å². The van der Waals surface area contributed by atoms with Gasteiger partial charge in [-0.3, -0.25) is 0 Å². The zero-order chi connectivity index (χ0) is 14.9. The van der Waals surface area contributed by atoms with Gasteiger partial charge in [-0.25, -0.2) is 19.9 Å². The maximum atomic E-state index is 4.45. The number of aryl methyl sites for hydroxylation is 1. The van der Waals surface area contributed by atoms with Crippen molar-refractivity contribution < 1.29 is 0 Å². The minimum Gasteiger partial charge on any atom is -0.356 e. The Morgan fingerprint density at radius 3 is 2.77 bits per heavy atom. The molecule has 0 radical (unpaired) electrons. The largest absolute Gasteiger partial charge is 0.356 e. The lowest BCUT2D eigenvalue weighted by Gasteiger charge is -2.21. The van der Waals surface area contributed by atoms with Crippen molar-refractivity contribution in [3.63, 3.8) is 0 Å². The molecule has 2 aliphatic rings. The van der Waals surface area contributed by atoms with Gasteiger partial charge < -0.3 is 4.90 Å². The van der Waals surface area contributed by atoms with E-state index in [1.54, 1.807) is 6.33 Å². The third-order valence-electron chi connectivity index (χ3n) is 5.18. The average molecular weight is 295 g/mol. The molecule has 0 bridgehead atoms. The van der Waals surface area contributed by atoms with Crippen LogP contribution in [0.4, 0.5) is 5.82 Å². The number of hydrogen-bond donors (Lipinski definition) is 0. The van der Waals surface area contributed by atoms with Crippen molar-refractivity contribution in [3.05, 3.63) is 42.4 Å².